The fourth-order valence-corrected chi connectivity index (χ4v) is 0.440. The van der Waals surface area contributed by atoms with E-state index < -0.39 is 0 Å². The first-order valence-corrected chi connectivity index (χ1v) is 2.31. The number of nitrogens with zero attached hydrogens (tertiary/aromatic N) is 2. The van der Waals surface area contributed by atoms with Gasteiger partial charge in [-0.2, -0.15) is 0 Å². The van der Waals surface area contributed by atoms with E-state index in [2.05, 4.69) is 11.5 Å². The molecular weight excluding hydrogens is 88.1 g/mol. The van der Waals surface area contributed by atoms with E-state index in [0.29, 0.717) is 6.17 Å². The highest BCUT2D eigenvalue weighted by Crippen LogP contribution is 2.03. The summed E-state index contributed by atoms with van der Waals surface area (Å²) in [6.07, 6.45) is 2.00. The van der Waals surface area contributed by atoms with Crippen molar-refractivity contribution in [2.45, 2.75) is 13.1 Å². The maximum atomic E-state index is 4.01. The molecule has 1 unspecified atom stereocenters. The van der Waals surface area contributed by atoms with Crippen LogP contribution in [0.5, 0.6) is 0 Å². The summed E-state index contributed by atoms with van der Waals surface area (Å²) in [7, 11) is 1.96. The lowest BCUT2D eigenvalue weighted by atomic mass is 10.5. The second-order valence-electron chi connectivity index (χ2n) is 1.65. The lowest BCUT2D eigenvalue weighted by Crippen LogP contribution is -2.18. The summed E-state index contributed by atoms with van der Waals surface area (Å²) in [5.74, 6) is 0. The van der Waals surface area contributed by atoms with Crippen LogP contribution in [0, 0.1) is 6.54 Å². The molecule has 1 aliphatic heterocycles. The number of aliphatic imine (C=N–C) groups is 1. The fourth-order valence-electron chi connectivity index (χ4n) is 0.440. The minimum atomic E-state index is 0.306. The van der Waals surface area contributed by atoms with Gasteiger partial charge in [0.1, 0.15) is 6.54 Å². The minimum Gasteiger partial charge on any atom is -0.277 e. The van der Waals surface area contributed by atoms with Crippen molar-refractivity contribution in [3.8, 4) is 0 Å². The summed E-state index contributed by atoms with van der Waals surface area (Å²) in [5, 5.41) is 0. The molecule has 1 heterocycles. The van der Waals surface area contributed by atoms with Crippen LogP contribution in [0.15, 0.2) is 4.99 Å². The van der Waals surface area contributed by atoms with Gasteiger partial charge in [-0.25, -0.2) is 0 Å². The summed E-state index contributed by atoms with van der Waals surface area (Å²) in [6.45, 7) is 4.94. The normalized spacial score (nSPS) is 32.0. The molecule has 0 aromatic carbocycles. The molecule has 0 fully saturated rings. The van der Waals surface area contributed by atoms with Crippen molar-refractivity contribution in [2.24, 2.45) is 4.99 Å². The van der Waals surface area contributed by atoms with Gasteiger partial charge in [-0.15, -0.1) is 0 Å². The molecule has 7 heavy (non-hydrogen) atoms. The molecule has 0 aliphatic carbocycles. The molecule has 2 heteroatoms. The molecule has 0 saturated heterocycles. The predicted molar refractivity (Wildman–Crippen MR) is 29.0 cm³/mol. The largest absolute Gasteiger partial charge is 0.277 e. The van der Waals surface area contributed by atoms with Crippen molar-refractivity contribution in [1.82, 2.24) is 4.90 Å². The molecule has 0 aromatic heterocycles. The number of hydrogen-bond acceptors (Lipinski definition) is 2. The van der Waals surface area contributed by atoms with Crippen LogP contribution < -0.4 is 0 Å². The maximum Gasteiger partial charge on any atom is 0.110 e. The topological polar surface area (TPSA) is 15.6 Å². The predicted octanol–water partition coefficient (Wildman–Crippen LogP) is 0.387. The maximum absolute atomic E-state index is 4.01. The Balaban J connectivity index is 2.45. The van der Waals surface area contributed by atoms with Crippen LogP contribution in [0.25, 0.3) is 0 Å². The molecule has 0 spiro atoms. The Labute approximate surface area is 43.8 Å². The zero-order valence-corrected chi connectivity index (χ0v) is 4.55. The lowest BCUT2D eigenvalue weighted by molar-refractivity contribution is 0.365. The van der Waals surface area contributed by atoms with Gasteiger partial charge in [0.15, 0.2) is 0 Å². The van der Waals surface area contributed by atoms with Crippen LogP contribution in [0.1, 0.15) is 6.92 Å². The highest BCUT2D eigenvalue weighted by Gasteiger charge is 2.10. The van der Waals surface area contributed by atoms with Gasteiger partial charge in [-0.1, -0.05) is 0 Å². The average Bonchev–Trinajstić information content (AvgIpc) is 1.91. The zero-order valence-electron chi connectivity index (χ0n) is 4.55. The van der Waals surface area contributed by atoms with E-state index >= 15 is 0 Å². The molecule has 1 rings (SSSR count). The first-order chi connectivity index (χ1) is 3.30. The SMILES string of the molecule is CC1N=C[C]N1C. The summed E-state index contributed by atoms with van der Waals surface area (Å²) in [5.41, 5.74) is 0. The van der Waals surface area contributed by atoms with Crippen molar-refractivity contribution in [3.05, 3.63) is 6.54 Å². The van der Waals surface area contributed by atoms with Crippen LogP contribution >= 0.6 is 0 Å². The highest BCUT2D eigenvalue weighted by molar-refractivity contribution is 5.69. The van der Waals surface area contributed by atoms with Crippen molar-refractivity contribution in [2.75, 3.05) is 7.05 Å². The van der Waals surface area contributed by atoms with E-state index in [9.17, 15) is 0 Å². The Morgan fingerprint density at radius 1 is 1.86 bits per heavy atom. The highest BCUT2D eigenvalue weighted by atomic mass is 15.2. The Kier molecular flexibility index (Phi) is 1.11. The first kappa shape index (κ1) is 4.78. The fraction of sp³-hybridized carbons (Fsp3) is 0.600. The summed E-state index contributed by atoms with van der Waals surface area (Å²) in [6, 6.07) is 0. The van der Waals surface area contributed by atoms with Gasteiger partial charge in [0.2, 0.25) is 0 Å². The smallest absolute Gasteiger partial charge is 0.110 e. The second kappa shape index (κ2) is 1.62. The van der Waals surface area contributed by atoms with E-state index in [0.717, 1.165) is 0 Å². The molecular formula is C5H8N2. The van der Waals surface area contributed by atoms with Crippen LogP contribution in [-0.2, 0) is 0 Å². The zero-order chi connectivity index (χ0) is 5.28. The van der Waals surface area contributed by atoms with Gasteiger partial charge >= 0.3 is 0 Å². The molecule has 38 valence electrons. The third kappa shape index (κ3) is 0.800. The van der Waals surface area contributed by atoms with Gasteiger partial charge in [0, 0.05) is 6.21 Å². The Morgan fingerprint density at radius 3 is 2.71 bits per heavy atom. The van der Waals surface area contributed by atoms with Gasteiger partial charge < -0.3 is 0 Å². The van der Waals surface area contributed by atoms with E-state index in [4.69, 9.17) is 0 Å². The van der Waals surface area contributed by atoms with Crippen LogP contribution in [0.2, 0.25) is 0 Å². The number of rotatable bonds is 0. The summed E-state index contributed by atoms with van der Waals surface area (Å²) in [4.78, 5) is 5.94. The first-order valence-electron chi connectivity index (χ1n) is 2.31. The molecule has 0 aromatic rings. The third-order valence-corrected chi connectivity index (χ3v) is 1.11. The van der Waals surface area contributed by atoms with Gasteiger partial charge in [-0.05, 0) is 14.0 Å². The molecule has 2 nitrogen and oxygen atoms in total. The van der Waals surface area contributed by atoms with Crippen molar-refractivity contribution in [1.29, 1.82) is 0 Å². The van der Waals surface area contributed by atoms with E-state index in [-0.39, 0.29) is 0 Å². The molecule has 0 amide bonds. The van der Waals surface area contributed by atoms with Crippen molar-refractivity contribution >= 4 is 6.21 Å². The van der Waals surface area contributed by atoms with Gasteiger partial charge in [-0.3, -0.25) is 9.89 Å². The van der Waals surface area contributed by atoms with E-state index in [1.807, 2.05) is 18.9 Å². The van der Waals surface area contributed by atoms with E-state index in [1.165, 1.54) is 0 Å². The molecule has 0 saturated carbocycles. The molecule has 0 bridgehead atoms. The molecule has 2 radical (unpaired) electrons. The molecule has 1 atom stereocenters. The van der Waals surface area contributed by atoms with Gasteiger partial charge in [0.05, 0.1) is 6.17 Å². The second-order valence-corrected chi connectivity index (χ2v) is 1.65. The lowest BCUT2D eigenvalue weighted by Gasteiger charge is -2.09. The summed E-state index contributed by atoms with van der Waals surface area (Å²) < 4.78 is 0. The van der Waals surface area contributed by atoms with E-state index in [1.54, 1.807) is 6.21 Å². The Bertz CT molecular complexity index is 88.1. The number of hydrogen-bond donors (Lipinski definition) is 0. The molecule has 1 aliphatic rings. The minimum absolute atomic E-state index is 0.306. The van der Waals surface area contributed by atoms with Crippen molar-refractivity contribution < 1.29 is 0 Å². The van der Waals surface area contributed by atoms with Crippen LogP contribution in [0.4, 0.5) is 0 Å². The Morgan fingerprint density at radius 2 is 2.57 bits per heavy atom. The molecule has 0 N–H and O–H groups in total. The van der Waals surface area contributed by atoms with Crippen LogP contribution in [0.3, 0.4) is 0 Å². The van der Waals surface area contributed by atoms with Crippen LogP contribution in [-0.4, -0.2) is 24.3 Å². The average molecular weight is 96.1 g/mol. The summed E-state index contributed by atoms with van der Waals surface area (Å²) >= 11 is 0. The Hall–Kier alpha value is -0.370. The van der Waals surface area contributed by atoms with Crippen molar-refractivity contribution in [3.63, 3.8) is 0 Å². The standard InChI is InChI=1S/C5H8N2/c1-5-6-3-4-7(5)2/h3,5H,1-2H3. The monoisotopic (exact) mass is 96.1 g/mol. The van der Waals surface area contributed by atoms with Gasteiger partial charge in [0.25, 0.3) is 0 Å². The quantitative estimate of drug-likeness (QED) is 0.426. The third-order valence-electron chi connectivity index (χ3n) is 1.11.